The van der Waals surface area contributed by atoms with Crippen LogP contribution in [0.5, 0.6) is 5.75 Å². The van der Waals surface area contributed by atoms with Crippen molar-refractivity contribution >= 4 is 5.91 Å². The quantitative estimate of drug-likeness (QED) is 0.810. The van der Waals surface area contributed by atoms with Crippen molar-refractivity contribution < 1.29 is 9.90 Å². The van der Waals surface area contributed by atoms with Crippen molar-refractivity contribution in [2.75, 3.05) is 13.6 Å². The second-order valence-corrected chi connectivity index (χ2v) is 4.06. The average molecular weight is 206 g/mol. The van der Waals surface area contributed by atoms with Crippen LogP contribution in [0.3, 0.4) is 0 Å². The highest BCUT2D eigenvalue weighted by atomic mass is 16.3. The van der Waals surface area contributed by atoms with Crippen LogP contribution in [0.15, 0.2) is 18.5 Å². The molecule has 4 heteroatoms. The SMILES string of the molecule is CN(CC1CC1)C(=O)c1cncc(O)c1. The second-order valence-electron chi connectivity index (χ2n) is 4.06. The summed E-state index contributed by atoms with van der Waals surface area (Å²) in [6.07, 6.45) is 5.23. The zero-order chi connectivity index (χ0) is 10.8. The number of hydrogen-bond acceptors (Lipinski definition) is 3. The van der Waals surface area contributed by atoms with E-state index >= 15 is 0 Å². The lowest BCUT2D eigenvalue weighted by Crippen LogP contribution is -2.28. The van der Waals surface area contributed by atoms with Crippen LogP contribution in [0.25, 0.3) is 0 Å². The number of aromatic nitrogens is 1. The number of rotatable bonds is 3. The van der Waals surface area contributed by atoms with Gasteiger partial charge >= 0.3 is 0 Å². The molecule has 2 rings (SSSR count). The molecule has 1 aromatic rings. The zero-order valence-electron chi connectivity index (χ0n) is 8.68. The van der Waals surface area contributed by atoms with Crippen LogP contribution in [0.4, 0.5) is 0 Å². The summed E-state index contributed by atoms with van der Waals surface area (Å²) in [6, 6.07) is 1.44. The van der Waals surface area contributed by atoms with Crippen molar-refractivity contribution in [2.45, 2.75) is 12.8 Å². The third-order valence-electron chi connectivity index (χ3n) is 2.55. The fourth-order valence-corrected chi connectivity index (χ4v) is 1.54. The minimum absolute atomic E-state index is 0.0284. The van der Waals surface area contributed by atoms with Crippen molar-refractivity contribution in [3.63, 3.8) is 0 Å². The van der Waals surface area contributed by atoms with Gasteiger partial charge in [0, 0.05) is 19.8 Å². The number of hydrogen-bond donors (Lipinski definition) is 1. The summed E-state index contributed by atoms with van der Waals surface area (Å²) in [4.78, 5) is 17.3. The van der Waals surface area contributed by atoms with E-state index in [4.69, 9.17) is 0 Å². The molecule has 1 aliphatic carbocycles. The largest absolute Gasteiger partial charge is 0.506 e. The summed E-state index contributed by atoms with van der Waals surface area (Å²) in [7, 11) is 1.78. The number of carbonyl (C=O) groups is 1. The Balaban J connectivity index is 2.05. The van der Waals surface area contributed by atoms with E-state index in [1.165, 1.54) is 31.3 Å². The van der Waals surface area contributed by atoms with Crippen LogP contribution >= 0.6 is 0 Å². The van der Waals surface area contributed by atoms with Crippen LogP contribution in [0.2, 0.25) is 0 Å². The van der Waals surface area contributed by atoms with Crippen LogP contribution < -0.4 is 0 Å². The predicted molar refractivity (Wildman–Crippen MR) is 55.6 cm³/mol. The molecule has 0 saturated heterocycles. The molecule has 1 saturated carbocycles. The van der Waals surface area contributed by atoms with Gasteiger partial charge in [-0.1, -0.05) is 0 Å². The van der Waals surface area contributed by atoms with Crippen LogP contribution in [-0.4, -0.2) is 34.5 Å². The van der Waals surface area contributed by atoms with Crippen molar-refractivity contribution in [1.82, 2.24) is 9.88 Å². The summed E-state index contributed by atoms with van der Waals surface area (Å²) in [5.41, 5.74) is 0.443. The Morgan fingerprint density at radius 1 is 1.60 bits per heavy atom. The molecule has 1 aromatic heterocycles. The number of carbonyl (C=O) groups excluding carboxylic acids is 1. The first kappa shape index (κ1) is 9.96. The molecule has 1 amide bonds. The Hall–Kier alpha value is -1.58. The molecule has 4 nitrogen and oxygen atoms in total. The first-order valence-electron chi connectivity index (χ1n) is 5.06. The maximum absolute atomic E-state index is 11.8. The third kappa shape index (κ3) is 2.46. The Kier molecular flexibility index (Phi) is 2.58. The van der Waals surface area contributed by atoms with E-state index in [9.17, 15) is 9.90 Å². The Bertz CT molecular complexity index is 375. The van der Waals surface area contributed by atoms with E-state index in [0.717, 1.165) is 6.54 Å². The van der Waals surface area contributed by atoms with Gasteiger partial charge in [-0.3, -0.25) is 9.78 Å². The summed E-state index contributed by atoms with van der Waals surface area (Å²) >= 11 is 0. The smallest absolute Gasteiger partial charge is 0.255 e. The first-order chi connectivity index (χ1) is 7.16. The lowest BCUT2D eigenvalue weighted by atomic mass is 10.2. The highest BCUT2D eigenvalue weighted by Gasteiger charge is 2.25. The molecule has 1 heterocycles. The third-order valence-corrected chi connectivity index (χ3v) is 2.55. The first-order valence-corrected chi connectivity index (χ1v) is 5.06. The van der Waals surface area contributed by atoms with E-state index in [-0.39, 0.29) is 11.7 Å². The lowest BCUT2D eigenvalue weighted by molar-refractivity contribution is 0.0788. The maximum atomic E-state index is 11.8. The second kappa shape index (κ2) is 3.88. The predicted octanol–water partition coefficient (Wildman–Crippen LogP) is 1.27. The van der Waals surface area contributed by atoms with Gasteiger partial charge < -0.3 is 10.0 Å². The molecule has 0 aliphatic heterocycles. The molecular weight excluding hydrogens is 192 g/mol. The van der Waals surface area contributed by atoms with Gasteiger partial charge in [-0.05, 0) is 24.8 Å². The number of nitrogens with zero attached hydrogens (tertiary/aromatic N) is 2. The van der Waals surface area contributed by atoms with Crippen molar-refractivity contribution in [3.8, 4) is 5.75 Å². The number of amides is 1. The van der Waals surface area contributed by atoms with E-state index in [0.29, 0.717) is 11.5 Å². The Labute approximate surface area is 88.6 Å². The molecule has 0 spiro atoms. The van der Waals surface area contributed by atoms with Gasteiger partial charge in [0.05, 0.1) is 11.8 Å². The van der Waals surface area contributed by atoms with Crippen molar-refractivity contribution in [1.29, 1.82) is 0 Å². The molecular formula is C11H14N2O2. The molecule has 1 N–H and O–H groups in total. The van der Waals surface area contributed by atoms with Gasteiger partial charge in [0.2, 0.25) is 0 Å². The van der Waals surface area contributed by atoms with Gasteiger partial charge in [-0.25, -0.2) is 0 Å². The molecule has 0 unspecified atom stereocenters. The zero-order valence-corrected chi connectivity index (χ0v) is 8.68. The van der Waals surface area contributed by atoms with E-state index in [2.05, 4.69) is 4.98 Å². The monoisotopic (exact) mass is 206 g/mol. The molecule has 1 aliphatic rings. The summed E-state index contributed by atoms with van der Waals surface area (Å²) in [6.45, 7) is 0.800. The van der Waals surface area contributed by atoms with E-state index in [1.807, 2.05) is 0 Å². The summed E-state index contributed by atoms with van der Waals surface area (Å²) in [5.74, 6) is 0.621. The standard InChI is InChI=1S/C11H14N2O2/c1-13(7-8-2-3-8)11(15)9-4-10(14)6-12-5-9/h4-6,8,14H,2-3,7H2,1H3. The Morgan fingerprint density at radius 2 is 2.33 bits per heavy atom. The highest BCUT2D eigenvalue weighted by molar-refractivity contribution is 5.94. The van der Waals surface area contributed by atoms with Gasteiger partial charge in [0.25, 0.3) is 5.91 Å². The fourth-order valence-electron chi connectivity index (χ4n) is 1.54. The number of pyridine rings is 1. The molecule has 80 valence electrons. The fraction of sp³-hybridized carbons (Fsp3) is 0.455. The van der Waals surface area contributed by atoms with Gasteiger partial charge in [-0.2, -0.15) is 0 Å². The average Bonchev–Trinajstić information content (AvgIpc) is 3.00. The van der Waals surface area contributed by atoms with Gasteiger partial charge in [0.15, 0.2) is 0 Å². The number of aromatic hydroxyl groups is 1. The molecule has 0 atom stereocenters. The van der Waals surface area contributed by atoms with Crippen LogP contribution in [0.1, 0.15) is 23.2 Å². The molecule has 15 heavy (non-hydrogen) atoms. The van der Waals surface area contributed by atoms with E-state index < -0.39 is 0 Å². The molecule has 0 radical (unpaired) electrons. The molecule has 1 fully saturated rings. The van der Waals surface area contributed by atoms with Crippen LogP contribution in [-0.2, 0) is 0 Å². The topological polar surface area (TPSA) is 53.4 Å². The minimum atomic E-state index is -0.0784. The maximum Gasteiger partial charge on any atom is 0.255 e. The van der Waals surface area contributed by atoms with E-state index in [1.54, 1.807) is 11.9 Å². The summed E-state index contributed by atoms with van der Waals surface area (Å²) < 4.78 is 0. The van der Waals surface area contributed by atoms with Crippen LogP contribution in [0, 0.1) is 5.92 Å². The Morgan fingerprint density at radius 3 is 2.93 bits per heavy atom. The van der Waals surface area contributed by atoms with Gasteiger partial charge in [-0.15, -0.1) is 0 Å². The molecule has 0 bridgehead atoms. The summed E-state index contributed by atoms with van der Waals surface area (Å²) in [5, 5.41) is 9.20. The van der Waals surface area contributed by atoms with Gasteiger partial charge in [0.1, 0.15) is 5.75 Å². The van der Waals surface area contributed by atoms with Crippen molar-refractivity contribution in [3.05, 3.63) is 24.0 Å². The highest BCUT2D eigenvalue weighted by Crippen LogP contribution is 2.29. The lowest BCUT2D eigenvalue weighted by Gasteiger charge is -2.16. The minimum Gasteiger partial charge on any atom is -0.506 e. The van der Waals surface area contributed by atoms with Crippen molar-refractivity contribution in [2.24, 2.45) is 5.92 Å². The normalized spacial score (nSPS) is 15.0. The molecule has 0 aromatic carbocycles.